The summed E-state index contributed by atoms with van der Waals surface area (Å²) in [4.78, 5) is 10.7. The van der Waals surface area contributed by atoms with Crippen LogP contribution in [-0.4, -0.2) is 6.29 Å². The maximum absolute atomic E-state index is 10.7. The molecule has 0 N–H and O–H groups in total. The van der Waals surface area contributed by atoms with Crippen LogP contribution in [0.15, 0.2) is 0 Å². The minimum absolute atomic E-state index is 0.169. The molecule has 0 bridgehead atoms. The van der Waals surface area contributed by atoms with Gasteiger partial charge in [-0.1, -0.05) is 25.7 Å². The van der Waals surface area contributed by atoms with E-state index in [1.807, 2.05) is 0 Å². The number of hydrogen-bond acceptors (Lipinski definition) is 1. The summed E-state index contributed by atoms with van der Waals surface area (Å²) < 4.78 is 0. The number of aldehydes is 1. The van der Waals surface area contributed by atoms with Crippen molar-refractivity contribution in [2.24, 2.45) is 11.3 Å². The molecule has 0 saturated heterocycles. The minimum atomic E-state index is 0.169. The molecular weight excluding hydrogens is 148 g/mol. The van der Waals surface area contributed by atoms with E-state index in [2.05, 4.69) is 0 Å². The van der Waals surface area contributed by atoms with Gasteiger partial charge in [-0.05, 0) is 31.6 Å². The second-order valence-corrected chi connectivity index (χ2v) is 4.67. The zero-order chi connectivity index (χ0) is 8.44. The first-order valence-electron chi connectivity index (χ1n) is 5.31. The number of carbonyl (C=O) groups is 1. The molecule has 0 unspecified atom stereocenters. The molecule has 2 aliphatic rings. The molecule has 0 aromatic rings. The second kappa shape index (κ2) is 3.20. The molecule has 2 aliphatic carbocycles. The van der Waals surface area contributed by atoms with Crippen LogP contribution in [0.1, 0.15) is 51.4 Å². The van der Waals surface area contributed by atoms with Crippen LogP contribution in [0.25, 0.3) is 0 Å². The third-order valence-electron chi connectivity index (χ3n) is 3.67. The first kappa shape index (κ1) is 8.28. The maximum atomic E-state index is 10.7. The van der Waals surface area contributed by atoms with Gasteiger partial charge < -0.3 is 4.79 Å². The van der Waals surface area contributed by atoms with Crippen molar-refractivity contribution in [3.63, 3.8) is 0 Å². The molecule has 1 nitrogen and oxygen atoms in total. The lowest BCUT2D eigenvalue weighted by Gasteiger charge is -2.11. The molecule has 2 saturated carbocycles. The summed E-state index contributed by atoms with van der Waals surface area (Å²) in [5.41, 5.74) is 0.169. The Hall–Kier alpha value is -0.330. The SMILES string of the molecule is O=CC1(CCC2CCCC2)CC1. The van der Waals surface area contributed by atoms with Gasteiger partial charge in [0.2, 0.25) is 0 Å². The van der Waals surface area contributed by atoms with Crippen molar-refractivity contribution in [3.05, 3.63) is 0 Å². The molecule has 12 heavy (non-hydrogen) atoms. The Morgan fingerprint density at radius 2 is 1.92 bits per heavy atom. The second-order valence-electron chi connectivity index (χ2n) is 4.67. The summed E-state index contributed by atoms with van der Waals surface area (Å²) in [6, 6.07) is 0. The normalized spacial score (nSPS) is 27.3. The zero-order valence-electron chi connectivity index (χ0n) is 7.72. The summed E-state index contributed by atoms with van der Waals surface area (Å²) in [6.45, 7) is 0. The average molecular weight is 166 g/mol. The molecule has 0 amide bonds. The molecular formula is C11H18O. The summed E-state index contributed by atoms with van der Waals surface area (Å²) in [5.74, 6) is 0.961. The van der Waals surface area contributed by atoms with E-state index < -0.39 is 0 Å². The Balaban J connectivity index is 1.70. The molecule has 0 aliphatic heterocycles. The number of rotatable bonds is 4. The fourth-order valence-corrected chi connectivity index (χ4v) is 2.38. The largest absolute Gasteiger partial charge is 0.303 e. The topological polar surface area (TPSA) is 17.1 Å². The minimum Gasteiger partial charge on any atom is -0.303 e. The lowest BCUT2D eigenvalue weighted by molar-refractivity contribution is -0.112. The van der Waals surface area contributed by atoms with Gasteiger partial charge in [0.1, 0.15) is 6.29 Å². The molecule has 0 radical (unpaired) electrons. The van der Waals surface area contributed by atoms with Gasteiger partial charge >= 0.3 is 0 Å². The van der Waals surface area contributed by atoms with E-state index in [1.165, 1.54) is 57.7 Å². The van der Waals surface area contributed by atoms with Crippen LogP contribution in [0.3, 0.4) is 0 Å². The highest BCUT2D eigenvalue weighted by atomic mass is 16.1. The van der Waals surface area contributed by atoms with Crippen molar-refractivity contribution >= 4 is 6.29 Å². The summed E-state index contributed by atoms with van der Waals surface area (Å²) >= 11 is 0. The van der Waals surface area contributed by atoms with Gasteiger partial charge in [-0.25, -0.2) is 0 Å². The monoisotopic (exact) mass is 166 g/mol. The van der Waals surface area contributed by atoms with Gasteiger partial charge in [-0.3, -0.25) is 0 Å². The fraction of sp³-hybridized carbons (Fsp3) is 0.909. The van der Waals surface area contributed by atoms with Crippen molar-refractivity contribution in [1.82, 2.24) is 0 Å². The third-order valence-corrected chi connectivity index (χ3v) is 3.67. The highest BCUT2D eigenvalue weighted by molar-refractivity contribution is 5.63. The highest BCUT2D eigenvalue weighted by Gasteiger charge is 2.42. The van der Waals surface area contributed by atoms with E-state index in [1.54, 1.807) is 0 Å². The van der Waals surface area contributed by atoms with Crippen molar-refractivity contribution < 1.29 is 4.79 Å². The van der Waals surface area contributed by atoms with Gasteiger partial charge in [-0.2, -0.15) is 0 Å². The molecule has 68 valence electrons. The molecule has 0 heterocycles. The van der Waals surface area contributed by atoms with Crippen LogP contribution < -0.4 is 0 Å². The van der Waals surface area contributed by atoms with Crippen LogP contribution in [0, 0.1) is 11.3 Å². The predicted molar refractivity (Wildman–Crippen MR) is 48.9 cm³/mol. The van der Waals surface area contributed by atoms with Crippen LogP contribution in [-0.2, 0) is 4.79 Å². The molecule has 0 spiro atoms. The van der Waals surface area contributed by atoms with Crippen molar-refractivity contribution in [2.75, 3.05) is 0 Å². The summed E-state index contributed by atoms with van der Waals surface area (Å²) in [5, 5.41) is 0. The smallest absolute Gasteiger partial charge is 0.126 e. The Labute approximate surface area is 74.5 Å². The Kier molecular flexibility index (Phi) is 2.20. The first-order valence-corrected chi connectivity index (χ1v) is 5.31. The van der Waals surface area contributed by atoms with E-state index in [9.17, 15) is 4.79 Å². The lowest BCUT2D eigenvalue weighted by Crippen LogP contribution is -2.04. The van der Waals surface area contributed by atoms with Crippen molar-refractivity contribution in [2.45, 2.75) is 51.4 Å². The van der Waals surface area contributed by atoms with E-state index in [-0.39, 0.29) is 5.41 Å². The lowest BCUT2D eigenvalue weighted by atomic mass is 9.94. The van der Waals surface area contributed by atoms with Crippen LogP contribution in [0.5, 0.6) is 0 Å². The van der Waals surface area contributed by atoms with Gasteiger partial charge in [0, 0.05) is 5.41 Å². The Bertz CT molecular complexity index is 164. The van der Waals surface area contributed by atoms with Crippen molar-refractivity contribution in [3.8, 4) is 0 Å². The zero-order valence-corrected chi connectivity index (χ0v) is 7.72. The van der Waals surface area contributed by atoms with Crippen LogP contribution >= 0.6 is 0 Å². The summed E-state index contributed by atoms with van der Waals surface area (Å²) in [6.07, 6.45) is 11.8. The van der Waals surface area contributed by atoms with E-state index in [0.29, 0.717) is 0 Å². The molecule has 0 aromatic heterocycles. The van der Waals surface area contributed by atoms with Crippen molar-refractivity contribution in [1.29, 1.82) is 0 Å². The van der Waals surface area contributed by atoms with Crippen LogP contribution in [0.4, 0.5) is 0 Å². The Morgan fingerprint density at radius 3 is 2.42 bits per heavy atom. The van der Waals surface area contributed by atoms with E-state index >= 15 is 0 Å². The molecule has 1 heteroatoms. The maximum Gasteiger partial charge on any atom is 0.126 e. The highest BCUT2D eigenvalue weighted by Crippen LogP contribution is 2.49. The molecule has 0 aromatic carbocycles. The average Bonchev–Trinajstić information content (AvgIpc) is 2.70. The predicted octanol–water partition coefficient (Wildman–Crippen LogP) is 2.94. The first-order chi connectivity index (χ1) is 5.85. The Morgan fingerprint density at radius 1 is 1.25 bits per heavy atom. The molecule has 2 fully saturated rings. The van der Waals surface area contributed by atoms with E-state index in [4.69, 9.17) is 0 Å². The number of hydrogen-bond donors (Lipinski definition) is 0. The molecule has 2 rings (SSSR count). The van der Waals surface area contributed by atoms with Gasteiger partial charge in [0.15, 0.2) is 0 Å². The standard InChI is InChI=1S/C11H18O/c12-9-11(7-8-11)6-5-10-3-1-2-4-10/h9-10H,1-8H2. The quantitative estimate of drug-likeness (QED) is 0.587. The molecule has 0 atom stereocenters. The van der Waals surface area contributed by atoms with E-state index in [0.717, 1.165) is 5.92 Å². The van der Waals surface area contributed by atoms with Crippen LogP contribution in [0.2, 0.25) is 0 Å². The van der Waals surface area contributed by atoms with Gasteiger partial charge in [0.05, 0.1) is 0 Å². The summed E-state index contributed by atoms with van der Waals surface area (Å²) in [7, 11) is 0. The van der Waals surface area contributed by atoms with Gasteiger partial charge in [0.25, 0.3) is 0 Å². The van der Waals surface area contributed by atoms with Gasteiger partial charge in [-0.15, -0.1) is 0 Å². The fourth-order valence-electron chi connectivity index (χ4n) is 2.38. The third kappa shape index (κ3) is 1.70. The number of carbonyl (C=O) groups excluding carboxylic acids is 1.